The fraction of sp³-hybridized carbons (Fsp3) is 0.375. The lowest BCUT2D eigenvalue weighted by Gasteiger charge is -2.18. The maximum Gasteiger partial charge on any atom is 0.257 e. The van der Waals surface area contributed by atoms with Crippen molar-refractivity contribution in [2.75, 3.05) is 11.4 Å². The molecule has 1 saturated heterocycles. The van der Waals surface area contributed by atoms with Gasteiger partial charge in [-0.1, -0.05) is 57.1 Å². The van der Waals surface area contributed by atoms with E-state index in [1.807, 2.05) is 29.2 Å². The second kappa shape index (κ2) is 7.47. The lowest BCUT2D eigenvalue weighted by molar-refractivity contribution is -0.117. The molecule has 1 atom stereocenters. The van der Waals surface area contributed by atoms with Crippen LogP contribution in [0.3, 0.4) is 0 Å². The molecule has 5 nitrogen and oxygen atoms in total. The highest BCUT2D eigenvalue weighted by molar-refractivity contribution is 5.96. The first-order valence-corrected chi connectivity index (χ1v) is 10.2. The van der Waals surface area contributed by atoms with Gasteiger partial charge in [-0.05, 0) is 47.2 Å². The van der Waals surface area contributed by atoms with Gasteiger partial charge in [-0.3, -0.25) is 4.79 Å². The van der Waals surface area contributed by atoms with E-state index in [1.165, 1.54) is 11.1 Å². The highest BCUT2D eigenvalue weighted by Gasteiger charge is 2.34. The van der Waals surface area contributed by atoms with Crippen molar-refractivity contribution in [2.24, 2.45) is 0 Å². The van der Waals surface area contributed by atoms with Crippen LogP contribution in [-0.2, 0) is 16.6 Å². The fourth-order valence-corrected chi connectivity index (χ4v) is 3.67. The van der Waals surface area contributed by atoms with Crippen molar-refractivity contribution in [3.63, 3.8) is 0 Å². The number of amides is 1. The van der Waals surface area contributed by atoms with Crippen LogP contribution < -0.4 is 4.90 Å². The number of hydrogen-bond donors (Lipinski definition) is 0. The summed E-state index contributed by atoms with van der Waals surface area (Å²) >= 11 is 0. The summed E-state index contributed by atoms with van der Waals surface area (Å²) in [5.41, 5.74) is 4.44. The Labute approximate surface area is 171 Å². The third-order valence-corrected chi connectivity index (χ3v) is 5.59. The van der Waals surface area contributed by atoms with Crippen LogP contribution in [0.2, 0.25) is 0 Å². The lowest BCUT2D eigenvalue weighted by atomic mass is 9.87. The largest absolute Gasteiger partial charge is 0.334 e. The molecule has 0 aliphatic carbocycles. The molecule has 1 amide bonds. The summed E-state index contributed by atoms with van der Waals surface area (Å²) in [4.78, 5) is 19.0. The van der Waals surface area contributed by atoms with Crippen LogP contribution in [0.25, 0.3) is 11.5 Å². The van der Waals surface area contributed by atoms with E-state index in [9.17, 15) is 4.79 Å². The van der Waals surface area contributed by atoms with Crippen molar-refractivity contribution < 1.29 is 9.32 Å². The Hall–Kier alpha value is -2.95. The molecule has 0 radical (unpaired) electrons. The number of aromatic nitrogens is 2. The van der Waals surface area contributed by atoms with Gasteiger partial charge in [0.15, 0.2) is 5.82 Å². The lowest BCUT2D eigenvalue weighted by Crippen LogP contribution is -2.24. The predicted molar refractivity (Wildman–Crippen MR) is 114 cm³/mol. The van der Waals surface area contributed by atoms with Gasteiger partial charge in [-0.15, -0.1) is 0 Å². The van der Waals surface area contributed by atoms with Gasteiger partial charge in [0.25, 0.3) is 5.89 Å². The number of aryl methyl sites for hydroxylation is 1. The Balaban J connectivity index is 1.50. The summed E-state index contributed by atoms with van der Waals surface area (Å²) in [6, 6.07) is 16.4. The van der Waals surface area contributed by atoms with Crippen molar-refractivity contribution in [1.29, 1.82) is 0 Å². The minimum absolute atomic E-state index is 0.0558. The van der Waals surface area contributed by atoms with Crippen molar-refractivity contribution in [3.05, 3.63) is 65.5 Å². The van der Waals surface area contributed by atoms with E-state index >= 15 is 0 Å². The molecule has 29 heavy (non-hydrogen) atoms. The summed E-state index contributed by atoms with van der Waals surface area (Å²) in [6.07, 6.45) is 1.39. The second-order valence-corrected chi connectivity index (χ2v) is 8.71. The maximum absolute atomic E-state index is 12.6. The molecular formula is C24H27N3O2. The van der Waals surface area contributed by atoms with Gasteiger partial charge in [-0.2, -0.15) is 4.98 Å². The van der Waals surface area contributed by atoms with E-state index in [2.05, 4.69) is 62.1 Å². The van der Waals surface area contributed by atoms with E-state index in [0.29, 0.717) is 24.7 Å². The van der Waals surface area contributed by atoms with Gasteiger partial charge < -0.3 is 9.42 Å². The Morgan fingerprint density at radius 3 is 2.38 bits per heavy atom. The normalized spacial score (nSPS) is 17.2. The number of rotatable bonds is 4. The highest BCUT2D eigenvalue weighted by atomic mass is 16.5. The molecule has 0 saturated carbocycles. The average Bonchev–Trinajstić information content (AvgIpc) is 3.34. The third kappa shape index (κ3) is 3.95. The quantitative estimate of drug-likeness (QED) is 0.622. The van der Waals surface area contributed by atoms with E-state index < -0.39 is 0 Å². The Morgan fingerprint density at radius 1 is 1.07 bits per heavy atom. The van der Waals surface area contributed by atoms with Gasteiger partial charge in [0.1, 0.15) is 0 Å². The van der Waals surface area contributed by atoms with Gasteiger partial charge in [0.05, 0.1) is 0 Å². The standard InChI is InChI=1S/C24H27N3O2/c1-5-16-6-12-20(13-7-16)27-15-18(14-21(27)28)22-25-23(29-26-22)17-8-10-19(11-9-17)24(2,3)4/h6-13,18H,5,14-15H2,1-4H3/t18-/m0/s1. The molecule has 1 aliphatic heterocycles. The second-order valence-electron chi connectivity index (χ2n) is 8.71. The van der Waals surface area contributed by atoms with Crippen LogP contribution in [0.1, 0.15) is 57.0 Å². The van der Waals surface area contributed by atoms with Crippen LogP contribution in [0.15, 0.2) is 53.1 Å². The number of carbonyl (C=O) groups excluding carboxylic acids is 1. The molecule has 4 rings (SSSR count). The van der Waals surface area contributed by atoms with Crippen LogP contribution >= 0.6 is 0 Å². The molecule has 5 heteroatoms. The van der Waals surface area contributed by atoms with Crippen LogP contribution in [0, 0.1) is 0 Å². The summed E-state index contributed by atoms with van der Waals surface area (Å²) in [5, 5.41) is 4.17. The van der Waals surface area contributed by atoms with E-state index in [4.69, 9.17) is 4.52 Å². The Kier molecular flexibility index (Phi) is 4.99. The first kappa shape index (κ1) is 19.4. The molecule has 0 bridgehead atoms. The van der Waals surface area contributed by atoms with Crippen LogP contribution in [0.5, 0.6) is 0 Å². The molecule has 1 fully saturated rings. The molecule has 1 aliphatic rings. The van der Waals surface area contributed by atoms with Gasteiger partial charge in [0, 0.05) is 30.1 Å². The number of carbonyl (C=O) groups is 1. The zero-order valence-electron chi connectivity index (χ0n) is 17.5. The van der Waals surface area contributed by atoms with Crippen molar-refractivity contribution >= 4 is 11.6 Å². The molecule has 150 valence electrons. The summed E-state index contributed by atoms with van der Waals surface area (Å²) in [6.45, 7) is 9.26. The SMILES string of the molecule is CCc1ccc(N2C[C@@H](c3noc(-c4ccc(C(C)(C)C)cc4)n3)CC2=O)cc1. The summed E-state index contributed by atoms with van der Waals surface area (Å²) < 4.78 is 5.50. The van der Waals surface area contributed by atoms with Gasteiger partial charge in [0.2, 0.25) is 5.91 Å². The molecular weight excluding hydrogens is 362 g/mol. The van der Waals surface area contributed by atoms with Crippen molar-refractivity contribution in [2.45, 2.75) is 51.9 Å². The van der Waals surface area contributed by atoms with Gasteiger partial charge in [-0.25, -0.2) is 0 Å². The highest BCUT2D eigenvalue weighted by Crippen LogP contribution is 2.32. The Morgan fingerprint density at radius 2 is 1.76 bits per heavy atom. The summed E-state index contributed by atoms with van der Waals surface area (Å²) in [7, 11) is 0. The van der Waals surface area contributed by atoms with E-state index in [-0.39, 0.29) is 17.2 Å². The number of hydrogen-bond acceptors (Lipinski definition) is 4. The monoisotopic (exact) mass is 389 g/mol. The zero-order chi connectivity index (χ0) is 20.6. The van der Waals surface area contributed by atoms with Crippen molar-refractivity contribution in [1.82, 2.24) is 10.1 Å². The van der Waals surface area contributed by atoms with Crippen molar-refractivity contribution in [3.8, 4) is 11.5 Å². The minimum Gasteiger partial charge on any atom is -0.334 e. The zero-order valence-corrected chi connectivity index (χ0v) is 17.5. The predicted octanol–water partition coefficient (Wildman–Crippen LogP) is 5.12. The number of nitrogens with zero attached hydrogens (tertiary/aromatic N) is 3. The smallest absolute Gasteiger partial charge is 0.257 e. The molecule has 0 unspecified atom stereocenters. The van der Waals surface area contributed by atoms with E-state index in [0.717, 1.165) is 17.7 Å². The minimum atomic E-state index is -0.0558. The topological polar surface area (TPSA) is 59.2 Å². The molecule has 3 aromatic rings. The van der Waals surface area contributed by atoms with Gasteiger partial charge >= 0.3 is 0 Å². The average molecular weight is 389 g/mol. The van der Waals surface area contributed by atoms with E-state index in [1.54, 1.807) is 0 Å². The molecule has 2 heterocycles. The summed E-state index contributed by atoms with van der Waals surface area (Å²) in [5.74, 6) is 1.14. The molecule has 0 spiro atoms. The molecule has 0 N–H and O–H groups in total. The third-order valence-electron chi connectivity index (χ3n) is 5.59. The Bertz CT molecular complexity index is 998. The fourth-order valence-electron chi connectivity index (χ4n) is 3.67. The molecule has 2 aromatic carbocycles. The van der Waals surface area contributed by atoms with Crippen LogP contribution in [0.4, 0.5) is 5.69 Å². The number of benzene rings is 2. The number of anilines is 1. The maximum atomic E-state index is 12.6. The van der Waals surface area contributed by atoms with Crippen LogP contribution in [-0.4, -0.2) is 22.6 Å². The molecule has 1 aromatic heterocycles. The first-order valence-electron chi connectivity index (χ1n) is 10.2. The first-order chi connectivity index (χ1) is 13.8.